The average Bonchev–Trinajstić information content (AvgIpc) is 2.23. The number of allylic oxidation sites excluding steroid dienone is 1. The average molecular weight is 222 g/mol. The molecule has 0 aromatic rings. The highest BCUT2D eigenvalue weighted by Gasteiger charge is 2.29. The van der Waals surface area contributed by atoms with Gasteiger partial charge in [-0.1, -0.05) is 53.7 Å². The minimum Gasteiger partial charge on any atom is -0.373 e. The first-order valence-corrected chi connectivity index (χ1v) is 6.10. The predicted molar refractivity (Wildman–Crippen MR) is 70.5 cm³/mol. The van der Waals surface area contributed by atoms with Crippen LogP contribution in [0.2, 0.25) is 0 Å². The molecule has 0 amide bonds. The standard InChI is InChI=1S/C15H26O/c1-11-8-12(14(2,3)4)13(10-16-9-11)15(5,6)7/h1,8-10H2,2-7H3. The summed E-state index contributed by atoms with van der Waals surface area (Å²) >= 11 is 0. The van der Waals surface area contributed by atoms with E-state index in [1.807, 2.05) is 0 Å². The van der Waals surface area contributed by atoms with Crippen molar-refractivity contribution in [1.82, 2.24) is 0 Å². The van der Waals surface area contributed by atoms with Crippen molar-refractivity contribution in [2.75, 3.05) is 13.2 Å². The van der Waals surface area contributed by atoms with Crippen LogP contribution in [0.5, 0.6) is 0 Å². The Morgan fingerprint density at radius 2 is 1.38 bits per heavy atom. The minimum atomic E-state index is 0.188. The van der Waals surface area contributed by atoms with Gasteiger partial charge in [0.25, 0.3) is 0 Å². The van der Waals surface area contributed by atoms with E-state index in [2.05, 4.69) is 48.1 Å². The van der Waals surface area contributed by atoms with Gasteiger partial charge in [0, 0.05) is 0 Å². The van der Waals surface area contributed by atoms with Crippen molar-refractivity contribution in [1.29, 1.82) is 0 Å². The molecule has 0 N–H and O–H groups in total. The molecule has 1 heterocycles. The Bertz CT molecular complexity index is 307. The molecule has 1 rings (SSSR count). The molecule has 0 radical (unpaired) electrons. The van der Waals surface area contributed by atoms with Crippen LogP contribution in [0.15, 0.2) is 23.3 Å². The molecular weight excluding hydrogens is 196 g/mol. The topological polar surface area (TPSA) is 9.23 Å². The van der Waals surface area contributed by atoms with Crippen molar-refractivity contribution in [3.8, 4) is 0 Å². The molecule has 0 unspecified atom stereocenters. The first-order chi connectivity index (χ1) is 7.12. The Balaban J connectivity index is 3.23. The van der Waals surface area contributed by atoms with Gasteiger partial charge in [0.1, 0.15) is 0 Å². The summed E-state index contributed by atoms with van der Waals surface area (Å²) in [5, 5.41) is 0. The van der Waals surface area contributed by atoms with Gasteiger partial charge < -0.3 is 4.74 Å². The van der Waals surface area contributed by atoms with Gasteiger partial charge >= 0.3 is 0 Å². The Morgan fingerprint density at radius 3 is 1.81 bits per heavy atom. The lowest BCUT2D eigenvalue weighted by Gasteiger charge is -2.32. The molecule has 1 aliphatic heterocycles. The second kappa shape index (κ2) is 4.37. The van der Waals surface area contributed by atoms with E-state index < -0.39 is 0 Å². The maximum atomic E-state index is 5.71. The van der Waals surface area contributed by atoms with Gasteiger partial charge in [-0.25, -0.2) is 0 Å². The fourth-order valence-electron chi connectivity index (χ4n) is 2.18. The Hall–Kier alpha value is -0.560. The van der Waals surface area contributed by atoms with Gasteiger partial charge in [0.05, 0.1) is 13.2 Å². The number of ether oxygens (including phenoxy) is 1. The first-order valence-electron chi connectivity index (χ1n) is 6.10. The molecule has 0 bridgehead atoms. The quantitative estimate of drug-likeness (QED) is 0.554. The molecule has 0 aromatic carbocycles. The molecule has 92 valence electrons. The lowest BCUT2D eigenvalue weighted by molar-refractivity contribution is 0.169. The number of hydrogen-bond donors (Lipinski definition) is 0. The summed E-state index contributed by atoms with van der Waals surface area (Å²) in [6.45, 7) is 19.2. The molecule has 1 heteroatoms. The molecule has 1 nitrogen and oxygen atoms in total. The highest BCUT2D eigenvalue weighted by Crippen LogP contribution is 2.40. The molecule has 16 heavy (non-hydrogen) atoms. The summed E-state index contributed by atoms with van der Waals surface area (Å²) in [6, 6.07) is 0. The fourth-order valence-corrected chi connectivity index (χ4v) is 2.18. The Morgan fingerprint density at radius 1 is 0.875 bits per heavy atom. The highest BCUT2D eigenvalue weighted by molar-refractivity contribution is 5.30. The zero-order chi connectivity index (χ0) is 12.6. The van der Waals surface area contributed by atoms with Crippen LogP contribution >= 0.6 is 0 Å². The summed E-state index contributed by atoms with van der Waals surface area (Å²) < 4.78 is 5.71. The smallest absolute Gasteiger partial charge is 0.0689 e. The fraction of sp³-hybridized carbons (Fsp3) is 0.733. The van der Waals surface area contributed by atoms with E-state index >= 15 is 0 Å². The van der Waals surface area contributed by atoms with Crippen LogP contribution in [-0.4, -0.2) is 13.2 Å². The van der Waals surface area contributed by atoms with Crippen molar-refractivity contribution < 1.29 is 4.74 Å². The molecule has 0 saturated carbocycles. The van der Waals surface area contributed by atoms with Crippen LogP contribution in [-0.2, 0) is 4.74 Å². The van der Waals surface area contributed by atoms with E-state index in [9.17, 15) is 0 Å². The molecule has 0 aromatic heterocycles. The van der Waals surface area contributed by atoms with Crippen LogP contribution < -0.4 is 0 Å². The molecule has 1 aliphatic rings. The SMILES string of the molecule is C=C1COCC(C(C)(C)C)=C(C(C)(C)C)C1. The van der Waals surface area contributed by atoms with Crippen molar-refractivity contribution in [2.45, 2.75) is 48.0 Å². The van der Waals surface area contributed by atoms with Crippen molar-refractivity contribution >= 4 is 0 Å². The summed E-state index contributed by atoms with van der Waals surface area (Å²) in [4.78, 5) is 0. The third kappa shape index (κ3) is 3.21. The van der Waals surface area contributed by atoms with Crippen molar-refractivity contribution in [2.24, 2.45) is 10.8 Å². The zero-order valence-electron chi connectivity index (χ0n) is 11.7. The van der Waals surface area contributed by atoms with Gasteiger partial charge in [0.15, 0.2) is 0 Å². The highest BCUT2D eigenvalue weighted by atomic mass is 16.5. The lowest BCUT2D eigenvalue weighted by Crippen LogP contribution is -2.21. The van der Waals surface area contributed by atoms with E-state index in [-0.39, 0.29) is 10.8 Å². The van der Waals surface area contributed by atoms with E-state index in [0.29, 0.717) is 6.61 Å². The summed E-state index contributed by atoms with van der Waals surface area (Å²) in [6.07, 6.45) is 0.996. The van der Waals surface area contributed by atoms with Crippen molar-refractivity contribution in [3.05, 3.63) is 23.3 Å². The number of rotatable bonds is 0. The van der Waals surface area contributed by atoms with Gasteiger partial charge in [-0.15, -0.1) is 0 Å². The lowest BCUT2D eigenvalue weighted by atomic mass is 9.73. The molecule has 0 aliphatic carbocycles. The van der Waals surface area contributed by atoms with Gasteiger partial charge in [-0.3, -0.25) is 0 Å². The zero-order valence-corrected chi connectivity index (χ0v) is 11.7. The summed E-state index contributed by atoms with van der Waals surface area (Å²) in [5.41, 5.74) is 4.57. The van der Waals surface area contributed by atoms with Crippen LogP contribution in [0.3, 0.4) is 0 Å². The second-order valence-electron chi connectivity index (χ2n) is 6.88. The maximum Gasteiger partial charge on any atom is 0.0689 e. The predicted octanol–water partition coefficient (Wildman–Crippen LogP) is 4.35. The van der Waals surface area contributed by atoms with Crippen molar-refractivity contribution in [3.63, 3.8) is 0 Å². The van der Waals surface area contributed by atoms with Crippen LogP contribution in [0.1, 0.15) is 48.0 Å². The summed E-state index contributed by atoms with van der Waals surface area (Å²) in [5.74, 6) is 0. The largest absolute Gasteiger partial charge is 0.373 e. The van der Waals surface area contributed by atoms with E-state index in [0.717, 1.165) is 13.0 Å². The third-order valence-electron chi connectivity index (χ3n) is 3.15. The minimum absolute atomic E-state index is 0.188. The second-order valence-corrected chi connectivity index (χ2v) is 6.88. The van der Waals surface area contributed by atoms with E-state index in [4.69, 9.17) is 4.74 Å². The van der Waals surface area contributed by atoms with Gasteiger partial charge in [-0.05, 0) is 28.4 Å². The molecule has 0 atom stereocenters. The maximum absolute atomic E-state index is 5.71. The van der Waals surface area contributed by atoms with Crippen LogP contribution in [0.25, 0.3) is 0 Å². The van der Waals surface area contributed by atoms with Crippen LogP contribution in [0.4, 0.5) is 0 Å². The monoisotopic (exact) mass is 222 g/mol. The van der Waals surface area contributed by atoms with E-state index in [1.165, 1.54) is 16.7 Å². The molecule has 0 saturated heterocycles. The van der Waals surface area contributed by atoms with Gasteiger partial charge in [0.2, 0.25) is 0 Å². The summed E-state index contributed by atoms with van der Waals surface area (Å²) in [7, 11) is 0. The third-order valence-corrected chi connectivity index (χ3v) is 3.15. The number of hydrogen-bond acceptors (Lipinski definition) is 1. The Kier molecular flexibility index (Phi) is 3.69. The first kappa shape index (κ1) is 13.5. The van der Waals surface area contributed by atoms with Crippen LogP contribution in [0, 0.1) is 10.8 Å². The molecular formula is C15H26O. The molecule has 0 fully saturated rings. The molecule has 0 spiro atoms. The van der Waals surface area contributed by atoms with Gasteiger partial charge in [-0.2, -0.15) is 0 Å². The Labute approximate surface area is 101 Å². The normalized spacial score (nSPS) is 20.0. The van der Waals surface area contributed by atoms with E-state index in [1.54, 1.807) is 0 Å².